The SMILES string of the molecule is COC(=O)CCS(=O)(=O)N1CCC(C)C(N(C)c2ncnc3[nH]ccc23)C1. The number of piperidine rings is 1. The Morgan fingerprint density at radius 2 is 2.22 bits per heavy atom. The Hall–Kier alpha value is -2.20. The van der Waals surface area contributed by atoms with Crippen LogP contribution < -0.4 is 4.90 Å². The molecule has 0 aliphatic carbocycles. The minimum atomic E-state index is -3.53. The number of ether oxygens (including phenoxy) is 1. The highest BCUT2D eigenvalue weighted by Crippen LogP contribution is 2.29. The number of fused-ring (bicyclic) bond motifs is 1. The maximum Gasteiger partial charge on any atom is 0.306 e. The van der Waals surface area contributed by atoms with E-state index in [1.165, 1.54) is 17.7 Å². The molecule has 3 heterocycles. The van der Waals surface area contributed by atoms with Gasteiger partial charge in [-0.05, 0) is 18.4 Å². The van der Waals surface area contributed by atoms with Gasteiger partial charge in [-0.1, -0.05) is 6.92 Å². The van der Waals surface area contributed by atoms with Crippen LogP contribution in [0.5, 0.6) is 0 Å². The van der Waals surface area contributed by atoms with E-state index in [2.05, 4.69) is 26.6 Å². The summed E-state index contributed by atoms with van der Waals surface area (Å²) in [6.07, 6.45) is 3.92. The summed E-state index contributed by atoms with van der Waals surface area (Å²) in [7, 11) is -0.338. The van der Waals surface area contributed by atoms with Crippen LogP contribution in [0.15, 0.2) is 18.6 Å². The molecule has 1 N–H and O–H groups in total. The second-order valence-electron chi connectivity index (χ2n) is 6.88. The smallest absolute Gasteiger partial charge is 0.306 e. The lowest BCUT2D eigenvalue weighted by atomic mass is 9.93. The summed E-state index contributed by atoms with van der Waals surface area (Å²) in [5.74, 6) is 0.312. The van der Waals surface area contributed by atoms with Crippen LogP contribution in [0.25, 0.3) is 11.0 Å². The third-order valence-corrected chi connectivity index (χ3v) is 7.07. The molecule has 1 aliphatic rings. The Bertz CT molecular complexity index is 913. The zero-order chi connectivity index (χ0) is 19.6. The van der Waals surface area contributed by atoms with E-state index in [-0.39, 0.29) is 18.2 Å². The van der Waals surface area contributed by atoms with E-state index in [9.17, 15) is 13.2 Å². The molecule has 27 heavy (non-hydrogen) atoms. The first-order valence-corrected chi connectivity index (χ1v) is 10.5. The van der Waals surface area contributed by atoms with Crippen molar-refractivity contribution in [2.75, 3.05) is 37.9 Å². The highest BCUT2D eigenvalue weighted by atomic mass is 32.2. The number of aromatic amines is 1. The fraction of sp³-hybridized carbons (Fsp3) is 0.588. The molecule has 2 aromatic rings. The largest absolute Gasteiger partial charge is 0.469 e. The van der Waals surface area contributed by atoms with Gasteiger partial charge in [0.05, 0.1) is 24.7 Å². The third kappa shape index (κ3) is 4.06. The van der Waals surface area contributed by atoms with Crippen LogP contribution in [-0.2, 0) is 19.6 Å². The first-order chi connectivity index (χ1) is 12.8. The lowest BCUT2D eigenvalue weighted by Crippen LogP contribution is -2.53. The van der Waals surface area contributed by atoms with Crippen molar-refractivity contribution in [3.63, 3.8) is 0 Å². The molecule has 9 nitrogen and oxygen atoms in total. The van der Waals surface area contributed by atoms with Crippen molar-refractivity contribution in [1.29, 1.82) is 0 Å². The maximum absolute atomic E-state index is 12.7. The molecule has 2 unspecified atom stereocenters. The number of likely N-dealkylation sites (N-methyl/N-ethyl adjacent to an activating group) is 1. The molecule has 0 radical (unpaired) electrons. The summed E-state index contributed by atoms with van der Waals surface area (Å²) < 4.78 is 31.3. The van der Waals surface area contributed by atoms with E-state index in [0.29, 0.717) is 19.0 Å². The first kappa shape index (κ1) is 19.6. The molecular formula is C17H25N5O4S. The number of hydrogen-bond acceptors (Lipinski definition) is 7. The lowest BCUT2D eigenvalue weighted by Gasteiger charge is -2.41. The molecule has 2 aromatic heterocycles. The normalized spacial score (nSPS) is 21.3. The van der Waals surface area contributed by atoms with Gasteiger partial charge in [-0.2, -0.15) is 4.31 Å². The van der Waals surface area contributed by atoms with Crippen molar-refractivity contribution in [3.05, 3.63) is 18.6 Å². The Balaban J connectivity index is 1.79. The van der Waals surface area contributed by atoms with E-state index in [4.69, 9.17) is 0 Å². The van der Waals surface area contributed by atoms with Gasteiger partial charge in [-0.15, -0.1) is 0 Å². The van der Waals surface area contributed by atoms with Crippen LogP contribution in [0, 0.1) is 5.92 Å². The standard InChI is InChI=1S/C17H25N5O4S/c1-12-5-8-22(27(24,25)9-6-15(23)26-3)10-14(12)21(2)17-13-4-7-18-16(13)19-11-20-17/h4,7,11-12,14H,5-6,8-10H2,1-3H3,(H,18,19,20). The molecule has 2 atom stereocenters. The molecule has 0 aromatic carbocycles. The van der Waals surface area contributed by atoms with Gasteiger partial charge in [0.15, 0.2) is 0 Å². The maximum atomic E-state index is 12.7. The van der Waals surface area contributed by atoms with Gasteiger partial charge in [0, 0.05) is 32.4 Å². The van der Waals surface area contributed by atoms with Gasteiger partial charge in [0.1, 0.15) is 17.8 Å². The predicted octanol–water partition coefficient (Wildman–Crippen LogP) is 0.997. The second-order valence-corrected chi connectivity index (χ2v) is 8.97. The van der Waals surface area contributed by atoms with E-state index >= 15 is 0 Å². The fourth-order valence-electron chi connectivity index (χ4n) is 3.52. The number of hydrogen-bond donors (Lipinski definition) is 1. The lowest BCUT2D eigenvalue weighted by molar-refractivity contribution is -0.140. The number of methoxy groups -OCH3 is 1. The first-order valence-electron chi connectivity index (χ1n) is 8.89. The van der Waals surface area contributed by atoms with Crippen molar-refractivity contribution in [3.8, 4) is 0 Å². The summed E-state index contributed by atoms with van der Waals surface area (Å²) in [6.45, 7) is 2.94. The Morgan fingerprint density at radius 3 is 2.96 bits per heavy atom. The predicted molar refractivity (Wildman–Crippen MR) is 102 cm³/mol. The average molecular weight is 395 g/mol. The fourth-order valence-corrected chi connectivity index (χ4v) is 4.96. The molecule has 3 rings (SSSR count). The van der Waals surface area contributed by atoms with Gasteiger partial charge in [-0.25, -0.2) is 18.4 Å². The van der Waals surface area contributed by atoms with Gasteiger partial charge >= 0.3 is 5.97 Å². The van der Waals surface area contributed by atoms with Crippen molar-refractivity contribution in [1.82, 2.24) is 19.3 Å². The molecule has 10 heteroatoms. The highest BCUT2D eigenvalue weighted by molar-refractivity contribution is 7.89. The molecule has 148 valence electrons. The van der Waals surface area contributed by atoms with Crippen LogP contribution in [0.2, 0.25) is 0 Å². The van der Waals surface area contributed by atoms with Gasteiger partial charge in [0.2, 0.25) is 10.0 Å². The van der Waals surface area contributed by atoms with Crippen molar-refractivity contribution in [2.24, 2.45) is 5.92 Å². The van der Waals surface area contributed by atoms with Crippen molar-refractivity contribution >= 4 is 32.8 Å². The number of H-pyrrole nitrogens is 1. The van der Waals surface area contributed by atoms with Crippen LogP contribution in [0.4, 0.5) is 5.82 Å². The number of sulfonamides is 1. The van der Waals surface area contributed by atoms with E-state index in [1.807, 2.05) is 24.2 Å². The summed E-state index contributed by atoms with van der Waals surface area (Å²) in [5.41, 5.74) is 0.748. The monoisotopic (exact) mass is 395 g/mol. The van der Waals surface area contributed by atoms with Gasteiger partial charge in [-0.3, -0.25) is 4.79 Å². The van der Waals surface area contributed by atoms with E-state index in [1.54, 1.807) is 0 Å². The molecule has 0 saturated carbocycles. The van der Waals surface area contributed by atoms with Crippen molar-refractivity contribution < 1.29 is 17.9 Å². The number of nitrogens with zero attached hydrogens (tertiary/aromatic N) is 4. The Kier molecular flexibility index (Phi) is 5.66. The summed E-state index contributed by atoms with van der Waals surface area (Å²) in [4.78, 5) is 25.0. The quantitative estimate of drug-likeness (QED) is 0.727. The van der Waals surface area contributed by atoms with E-state index < -0.39 is 16.0 Å². The summed E-state index contributed by atoms with van der Waals surface area (Å²) in [6, 6.07) is 1.89. The Labute approximate surface area is 158 Å². The number of esters is 1. The molecule has 0 bridgehead atoms. The van der Waals surface area contributed by atoms with Crippen molar-refractivity contribution in [2.45, 2.75) is 25.8 Å². The molecule has 0 spiro atoms. The van der Waals surface area contributed by atoms with Crippen LogP contribution in [0.3, 0.4) is 0 Å². The molecule has 1 fully saturated rings. The number of aromatic nitrogens is 3. The van der Waals surface area contributed by atoms with Crippen LogP contribution in [0.1, 0.15) is 19.8 Å². The summed E-state index contributed by atoms with van der Waals surface area (Å²) >= 11 is 0. The zero-order valence-corrected chi connectivity index (χ0v) is 16.6. The minimum absolute atomic E-state index is 0.0281. The molecule has 1 aliphatic heterocycles. The third-order valence-electron chi connectivity index (χ3n) is 5.23. The summed E-state index contributed by atoms with van der Waals surface area (Å²) in [5, 5.41) is 0.901. The molecule has 0 amide bonds. The number of carbonyl (C=O) groups is 1. The number of anilines is 1. The minimum Gasteiger partial charge on any atom is -0.469 e. The topological polar surface area (TPSA) is 108 Å². The van der Waals surface area contributed by atoms with Gasteiger partial charge < -0.3 is 14.6 Å². The molecular weight excluding hydrogens is 370 g/mol. The highest BCUT2D eigenvalue weighted by Gasteiger charge is 2.35. The zero-order valence-electron chi connectivity index (χ0n) is 15.8. The molecule has 1 saturated heterocycles. The van der Waals surface area contributed by atoms with Crippen LogP contribution >= 0.6 is 0 Å². The second kappa shape index (κ2) is 7.81. The Morgan fingerprint density at radius 1 is 1.44 bits per heavy atom. The average Bonchev–Trinajstić information content (AvgIpc) is 3.14. The van der Waals surface area contributed by atoms with Crippen LogP contribution in [-0.4, -0.2) is 72.7 Å². The van der Waals surface area contributed by atoms with E-state index in [0.717, 1.165) is 23.3 Å². The number of carbonyl (C=O) groups excluding carboxylic acids is 1. The number of nitrogens with one attached hydrogen (secondary N) is 1. The van der Waals surface area contributed by atoms with Gasteiger partial charge in [0.25, 0.3) is 0 Å². The number of rotatable bonds is 6.